The Morgan fingerprint density at radius 1 is 1.10 bits per heavy atom. The quantitative estimate of drug-likeness (QED) is 0.208. The van der Waals surface area contributed by atoms with Crippen molar-refractivity contribution in [2.75, 3.05) is 18.6 Å². The number of amides is 2. The number of Topliss-reactive ketones (excluding diaryl/α,β-unsaturated/α-hetero) is 1. The van der Waals surface area contributed by atoms with Crippen molar-refractivity contribution in [2.24, 2.45) is 0 Å². The lowest BCUT2D eigenvalue weighted by atomic mass is 10.1. The molecule has 1 fully saturated rings. The largest absolute Gasteiger partial charge is 0.496 e. The van der Waals surface area contributed by atoms with Gasteiger partial charge in [0.2, 0.25) is 17.6 Å². The van der Waals surface area contributed by atoms with Gasteiger partial charge in [0.15, 0.2) is 6.61 Å². The van der Waals surface area contributed by atoms with Crippen LogP contribution in [0, 0.1) is 11.3 Å². The number of methoxy groups -OCH3 is 1. The molecule has 198 valence electrons. The van der Waals surface area contributed by atoms with Gasteiger partial charge < -0.3 is 9.47 Å². The van der Waals surface area contributed by atoms with Crippen molar-refractivity contribution in [2.45, 2.75) is 36.5 Å². The van der Waals surface area contributed by atoms with Gasteiger partial charge in [-0.1, -0.05) is 37.2 Å². The van der Waals surface area contributed by atoms with Gasteiger partial charge in [-0.15, -0.1) is 0 Å². The van der Waals surface area contributed by atoms with E-state index >= 15 is 0 Å². The molecule has 2 aromatic carbocycles. The maximum Gasteiger partial charge on any atom is 0.338 e. The van der Waals surface area contributed by atoms with Crippen LogP contribution in [0.25, 0.3) is 0 Å². The van der Waals surface area contributed by atoms with Crippen molar-refractivity contribution in [1.82, 2.24) is 4.98 Å². The van der Waals surface area contributed by atoms with Crippen LogP contribution in [-0.4, -0.2) is 47.5 Å². The van der Waals surface area contributed by atoms with Gasteiger partial charge in [-0.25, -0.2) is 14.7 Å². The number of para-hydroxylation sites is 1. The summed E-state index contributed by atoms with van der Waals surface area (Å²) in [5.41, 5.74) is 1.94. The first-order chi connectivity index (χ1) is 18.9. The molecular formula is C29H25N3O6S. The number of thioether (sulfide) groups is 1. The number of anilines is 1. The first-order valence-corrected chi connectivity index (χ1v) is 13.1. The molecular weight excluding hydrogens is 518 g/mol. The smallest absolute Gasteiger partial charge is 0.338 e. The Morgan fingerprint density at radius 3 is 2.54 bits per heavy atom. The van der Waals surface area contributed by atoms with Crippen molar-refractivity contribution < 1.29 is 28.7 Å². The zero-order valence-electron chi connectivity index (χ0n) is 21.4. The molecule has 0 aliphatic carbocycles. The first kappa shape index (κ1) is 27.5. The maximum absolute atomic E-state index is 13.1. The lowest BCUT2D eigenvalue weighted by Gasteiger charge is -2.15. The molecule has 1 unspecified atom stereocenters. The van der Waals surface area contributed by atoms with Gasteiger partial charge in [0.25, 0.3) is 0 Å². The lowest BCUT2D eigenvalue weighted by molar-refractivity contribution is -0.121. The van der Waals surface area contributed by atoms with Crippen molar-refractivity contribution in [3.05, 3.63) is 83.0 Å². The third-order valence-corrected chi connectivity index (χ3v) is 7.19. The topological polar surface area (TPSA) is 127 Å². The zero-order valence-corrected chi connectivity index (χ0v) is 22.2. The number of esters is 1. The van der Waals surface area contributed by atoms with E-state index in [1.165, 1.54) is 31.4 Å². The molecule has 1 aliphatic heterocycles. The fourth-order valence-corrected chi connectivity index (χ4v) is 5.18. The number of carbonyl (C=O) groups is 4. The van der Waals surface area contributed by atoms with E-state index in [4.69, 9.17) is 9.47 Å². The number of benzene rings is 2. The molecule has 0 spiro atoms. The fourth-order valence-electron chi connectivity index (χ4n) is 4.06. The Hall–Kier alpha value is -4.49. The lowest BCUT2D eigenvalue weighted by Crippen LogP contribution is -2.31. The van der Waals surface area contributed by atoms with Crippen LogP contribution in [0.2, 0.25) is 0 Å². The highest BCUT2D eigenvalue weighted by Crippen LogP contribution is 2.35. The standard InChI is InChI=1S/C29H25N3O6S/c1-3-6-20-12-9-19(16-30)27(31-20)39-25-15-26(34)32(28(25)35)21-13-10-18(11-14-21)29(36)38-17-23(33)22-7-4-5-8-24(22)37-2/h4-5,7-14,25H,3,6,15,17H2,1-2H3. The molecule has 0 saturated carbocycles. The molecule has 2 heterocycles. The third kappa shape index (κ3) is 6.16. The van der Waals surface area contributed by atoms with Crippen molar-refractivity contribution >= 4 is 41.0 Å². The number of imide groups is 1. The van der Waals surface area contributed by atoms with Gasteiger partial charge in [0.05, 0.1) is 34.7 Å². The number of hydrogen-bond donors (Lipinski definition) is 0. The molecule has 10 heteroatoms. The second-order valence-electron chi connectivity index (χ2n) is 8.64. The minimum absolute atomic E-state index is 0.0388. The van der Waals surface area contributed by atoms with E-state index in [2.05, 4.69) is 11.1 Å². The second-order valence-corrected chi connectivity index (χ2v) is 9.83. The minimum Gasteiger partial charge on any atom is -0.496 e. The number of nitriles is 1. The van der Waals surface area contributed by atoms with Crippen molar-refractivity contribution in [3.8, 4) is 11.8 Å². The molecule has 4 rings (SSSR count). The molecule has 39 heavy (non-hydrogen) atoms. The Kier molecular flexibility index (Phi) is 8.74. The number of ether oxygens (including phenoxy) is 2. The van der Waals surface area contributed by atoms with E-state index in [9.17, 15) is 24.4 Å². The third-order valence-electron chi connectivity index (χ3n) is 6.01. The van der Waals surface area contributed by atoms with Gasteiger partial charge in [-0.2, -0.15) is 5.26 Å². The summed E-state index contributed by atoms with van der Waals surface area (Å²) in [7, 11) is 1.45. The average Bonchev–Trinajstić information content (AvgIpc) is 3.23. The average molecular weight is 544 g/mol. The second kappa shape index (κ2) is 12.4. The minimum atomic E-state index is -0.723. The maximum atomic E-state index is 13.1. The summed E-state index contributed by atoms with van der Waals surface area (Å²) < 4.78 is 10.3. The van der Waals surface area contributed by atoms with E-state index in [1.54, 1.807) is 36.4 Å². The van der Waals surface area contributed by atoms with Gasteiger partial charge in [0, 0.05) is 12.1 Å². The molecule has 1 saturated heterocycles. The highest BCUT2D eigenvalue weighted by Gasteiger charge is 2.40. The Labute approximate surface area is 229 Å². The molecule has 1 aromatic heterocycles. The zero-order chi connectivity index (χ0) is 27.9. The van der Waals surface area contributed by atoms with Gasteiger partial charge in [-0.3, -0.25) is 14.4 Å². The molecule has 1 atom stereocenters. The van der Waals surface area contributed by atoms with Gasteiger partial charge >= 0.3 is 5.97 Å². The summed E-state index contributed by atoms with van der Waals surface area (Å²) in [4.78, 5) is 56.4. The predicted octanol–water partition coefficient (Wildman–Crippen LogP) is 4.38. The molecule has 1 aliphatic rings. The number of aromatic nitrogens is 1. The number of aryl methyl sites for hydroxylation is 1. The highest BCUT2D eigenvalue weighted by molar-refractivity contribution is 8.00. The number of ketones is 1. The molecule has 9 nitrogen and oxygen atoms in total. The van der Waals surface area contributed by atoms with E-state index < -0.39 is 35.4 Å². The predicted molar refractivity (Wildman–Crippen MR) is 144 cm³/mol. The molecule has 2 amide bonds. The summed E-state index contributed by atoms with van der Waals surface area (Å²) in [6, 6.07) is 18.0. The summed E-state index contributed by atoms with van der Waals surface area (Å²) in [6.07, 6.45) is 1.59. The number of carbonyl (C=O) groups excluding carboxylic acids is 4. The number of pyridine rings is 1. The molecule has 3 aromatic rings. The van der Waals surface area contributed by atoms with Crippen LogP contribution in [0.4, 0.5) is 5.69 Å². The fraction of sp³-hybridized carbons (Fsp3) is 0.241. The van der Waals surface area contributed by atoms with Crippen LogP contribution >= 0.6 is 11.8 Å². The van der Waals surface area contributed by atoms with E-state index in [0.717, 1.165) is 35.2 Å². The van der Waals surface area contributed by atoms with Crippen molar-refractivity contribution in [1.29, 1.82) is 5.26 Å². The van der Waals surface area contributed by atoms with Crippen LogP contribution in [0.5, 0.6) is 5.75 Å². The first-order valence-electron chi connectivity index (χ1n) is 12.2. The normalized spacial score (nSPS) is 14.7. The number of hydrogen-bond acceptors (Lipinski definition) is 9. The van der Waals surface area contributed by atoms with E-state index in [1.807, 2.05) is 6.92 Å². The SMILES string of the molecule is CCCc1ccc(C#N)c(SC2CC(=O)N(c3ccc(C(=O)OCC(=O)c4ccccc4OC)cc3)C2=O)n1. The monoisotopic (exact) mass is 543 g/mol. The van der Waals surface area contributed by atoms with Crippen LogP contribution in [0.15, 0.2) is 65.7 Å². The summed E-state index contributed by atoms with van der Waals surface area (Å²) in [6.45, 7) is 1.55. The summed E-state index contributed by atoms with van der Waals surface area (Å²) in [5.74, 6) is -1.57. The van der Waals surface area contributed by atoms with Crippen LogP contribution < -0.4 is 9.64 Å². The van der Waals surface area contributed by atoms with Crippen LogP contribution in [0.1, 0.15) is 51.7 Å². The van der Waals surface area contributed by atoms with Crippen LogP contribution in [0.3, 0.4) is 0 Å². The highest BCUT2D eigenvalue weighted by atomic mass is 32.2. The van der Waals surface area contributed by atoms with E-state index in [-0.39, 0.29) is 12.0 Å². The number of nitrogens with zero attached hydrogens (tertiary/aromatic N) is 3. The Morgan fingerprint density at radius 2 is 1.85 bits per heavy atom. The van der Waals surface area contributed by atoms with Gasteiger partial charge in [-0.05, 0) is 55.0 Å². The molecule has 0 radical (unpaired) electrons. The summed E-state index contributed by atoms with van der Waals surface area (Å²) in [5, 5.41) is 9.16. The van der Waals surface area contributed by atoms with Crippen LogP contribution in [-0.2, 0) is 20.7 Å². The number of rotatable bonds is 10. The van der Waals surface area contributed by atoms with Gasteiger partial charge in [0.1, 0.15) is 16.8 Å². The summed E-state index contributed by atoms with van der Waals surface area (Å²) >= 11 is 1.11. The van der Waals surface area contributed by atoms with Crippen molar-refractivity contribution in [3.63, 3.8) is 0 Å². The Balaban J connectivity index is 1.41. The molecule has 0 N–H and O–H groups in total. The van der Waals surface area contributed by atoms with E-state index in [0.29, 0.717) is 27.6 Å². The molecule has 0 bridgehead atoms. The Bertz CT molecular complexity index is 1460.